The Labute approximate surface area is 240 Å². The quantitative estimate of drug-likeness (QED) is 0.244. The maximum absolute atomic E-state index is 16.6. The minimum absolute atomic E-state index is 0.0540. The van der Waals surface area contributed by atoms with Crippen molar-refractivity contribution < 1.29 is 21.4 Å². The summed E-state index contributed by atoms with van der Waals surface area (Å²) in [6.07, 6.45) is 0.249. The molecule has 5 nitrogen and oxygen atoms in total. The molecule has 3 aromatic rings. The zero-order valence-electron chi connectivity index (χ0n) is 23.8. The van der Waals surface area contributed by atoms with Gasteiger partial charge in [0.05, 0.1) is 20.6 Å². The van der Waals surface area contributed by atoms with Crippen LogP contribution >= 0.6 is 0 Å². The molecule has 0 bridgehead atoms. The summed E-state index contributed by atoms with van der Waals surface area (Å²) in [4.78, 5) is 1.41. The van der Waals surface area contributed by atoms with Gasteiger partial charge in [0.1, 0.15) is 6.04 Å². The fourth-order valence-corrected chi connectivity index (χ4v) is 6.84. The van der Waals surface area contributed by atoms with Crippen molar-refractivity contribution in [3.63, 3.8) is 0 Å². The highest BCUT2D eigenvalue weighted by Crippen LogP contribution is 2.38. The van der Waals surface area contributed by atoms with E-state index >= 15 is 8.78 Å². The van der Waals surface area contributed by atoms with Crippen molar-refractivity contribution in [1.29, 1.82) is 0 Å². The highest BCUT2D eigenvalue weighted by molar-refractivity contribution is 7.92. The van der Waals surface area contributed by atoms with E-state index in [9.17, 15) is 12.6 Å². The van der Waals surface area contributed by atoms with Gasteiger partial charge in [0.2, 0.25) is 9.84 Å². The van der Waals surface area contributed by atoms with Gasteiger partial charge in [-0.15, -0.1) is 0 Å². The Morgan fingerprint density at radius 2 is 1.23 bits per heavy atom. The molecule has 218 valence electrons. The van der Waals surface area contributed by atoms with Gasteiger partial charge >= 0.3 is 5.25 Å². The van der Waals surface area contributed by atoms with Crippen molar-refractivity contribution in [2.75, 3.05) is 0 Å². The minimum Gasteiger partial charge on any atom is -0.290 e. The summed E-state index contributed by atoms with van der Waals surface area (Å²) in [5.41, 5.74) is 1.80. The molecular weight excluding hydrogens is 550 g/mol. The molecular formula is C31H40F2N2O3S2. The van der Waals surface area contributed by atoms with Crippen molar-refractivity contribution in [2.45, 2.75) is 81.1 Å². The number of rotatable bonds is 13. The van der Waals surface area contributed by atoms with Crippen molar-refractivity contribution in [3.8, 4) is 0 Å². The zero-order chi connectivity index (χ0) is 29.6. The molecule has 0 aliphatic heterocycles. The lowest BCUT2D eigenvalue weighted by molar-refractivity contribution is 0.000647. The van der Waals surface area contributed by atoms with E-state index in [1.807, 2.05) is 79.4 Å². The van der Waals surface area contributed by atoms with Crippen LogP contribution < -0.4 is 4.72 Å². The summed E-state index contributed by atoms with van der Waals surface area (Å²) >= 11 is 0. The van der Waals surface area contributed by atoms with E-state index in [0.29, 0.717) is 13.1 Å². The van der Waals surface area contributed by atoms with Crippen LogP contribution in [0.4, 0.5) is 8.78 Å². The highest BCUT2D eigenvalue weighted by atomic mass is 32.2. The predicted molar refractivity (Wildman–Crippen MR) is 159 cm³/mol. The van der Waals surface area contributed by atoms with Crippen LogP contribution in [0.3, 0.4) is 0 Å². The molecule has 0 saturated heterocycles. The smallest absolute Gasteiger partial charge is 0.290 e. The van der Waals surface area contributed by atoms with Gasteiger partial charge in [0.15, 0.2) is 0 Å². The number of benzene rings is 3. The monoisotopic (exact) mass is 590 g/mol. The molecule has 0 aliphatic carbocycles. The molecule has 0 fully saturated rings. The van der Waals surface area contributed by atoms with E-state index in [1.165, 1.54) is 24.3 Å². The average Bonchev–Trinajstić information content (AvgIpc) is 2.91. The molecule has 0 heterocycles. The number of hydrogen-bond donors (Lipinski definition) is 1. The summed E-state index contributed by atoms with van der Waals surface area (Å²) in [5, 5.41) is -4.28. The molecule has 1 N–H and O–H groups in total. The third-order valence-corrected chi connectivity index (χ3v) is 10.0. The minimum atomic E-state index is -5.15. The van der Waals surface area contributed by atoms with Crippen molar-refractivity contribution in [3.05, 3.63) is 102 Å². The Morgan fingerprint density at radius 1 is 0.800 bits per heavy atom. The fourth-order valence-electron chi connectivity index (χ4n) is 4.49. The number of sulfone groups is 1. The van der Waals surface area contributed by atoms with Crippen LogP contribution in [0, 0.1) is 5.92 Å². The molecule has 0 aromatic heterocycles. The first kappa shape index (κ1) is 32.1. The number of hydrogen-bond acceptors (Lipinski definition) is 4. The zero-order valence-corrected chi connectivity index (χ0v) is 25.4. The molecule has 3 aromatic carbocycles. The van der Waals surface area contributed by atoms with E-state index in [2.05, 4.69) is 4.72 Å². The van der Waals surface area contributed by atoms with Gasteiger partial charge in [-0.25, -0.2) is 17.3 Å². The molecule has 9 heteroatoms. The largest absolute Gasteiger partial charge is 0.367 e. The standard InChI is InChI=1S/C31H40F2N2O3S2/c1-24(2)21-28(35(22-25-15-9-6-10-16-25)23-26-17-11-7-12-18-26)29(34-39(36)30(3,4)5)31(32,33)40(37,38)27-19-13-8-14-20-27/h6-20,24,28-29,34H,21-23H2,1-5H3/t28-,29-,39+/m0/s1. The Balaban J connectivity index is 2.20. The number of alkyl halides is 2. The fraction of sp³-hybridized carbons (Fsp3) is 0.419. The van der Waals surface area contributed by atoms with Gasteiger partial charge in [-0.3, -0.25) is 4.90 Å². The Bertz CT molecular complexity index is 1290. The van der Waals surface area contributed by atoms with Crippen LogP contribution in [0.1, 0.15) is 52.2 Å². The number of nitrogens with zero attached hydrogens (tertiary/aromatic N) is 1. The van der Waals surface area contributed by atoms with Gasteiger partial charge in [0, 0.05) is 19.1 Å². The van der Waals surface area contributed by atoms with Crippen LogP contribution in [0.5, 0.6) is 0 Å². The van der Waals surface area contributed by atoms with Crippen molar-refractivity contribution in [1.82, 2.24) is 9.62 Å². The lowest BCUT2D eigenvalue weighted by Gasteiger charge is -2.42. The number of halogens is 2. The van der Waals surface area contributed by atoms with Crippen LogP contribution in [0.25, 0.3) is 0 Å². The Morgan fingerprint density at radius 3 is 1.62 bits per heavy atom. The Hall–Kier alpha value is -2.46. The summed E-state index contributed by atoms with van der Waals surface area (Å²) in [7, 11) is -7.12. The van der Waals surface area contributed by atoms with Crippen molar-refractivity contribution >= 4 is 20.8 Å². The van der Waals surface area contributed by atoms with E-state index < -0.39 is 47.8 Å². The van der Waals surface area contributed by atoms with Crippen molar-refractivity contribution in [2.24, 2.45) is 5.92 Å². The lowest BCUT2D eigenvalue weighted by Crippen LogP contribution is -2.62. The highest BCUT2D eigenvalue weighted by Gasteiger charge is 2.57. The van der Waals surface area contributed by atoms with Crippen LogP contribution in [0.15, 0.2) is 95.9 Å². The van der Waals surface area contributed by atoms with Crippen LogP contribution in [-0.2, 0) is 33.9 Å². The summed E-state index contributed by atoms with van der Waals surface area (Å²) in [6, 6.07) is 22.8. The molecule has 3 atom stereocenters. The lowest BCUT2D eigenvalue weighted by atomic mass is 9.95. The predicted octanol–water partition coefficient (Wildman–Crippen LogP) is 6.59. The molecule has 0 saturated carbocycles. The van der Waals surface area contributed by atoms with E-state index in [4.69, 9.17) is 0 Å². The topological polar surface area (TPSA) is 66.5 Å². The first-order chi connectivity index (χ1) is 18.7. The molecule has 40 heavy (non-hydrogen) atoms. The van der Waals surface area contributed by atoms with E-state index in [-0.39, 0.29) is 12.3 Å². The Kier molecular flexibility index (Phi) is 10.8. The summed E-state index contributed by atoms with van der Waals surface area (Å²) in [6.45, 7) is 9.43. The SMILES string of the molecule is CC(C)C[C@@H]([C@H](N[S@](=O)C(C)(C)C)C(F)(F)S(=O)(=O)c1ccccc1)N(Cc1ccccc1)Cc1ccccc1. The molecule has 0 amide bonds. The number of nitrogens with one attached hydrogen (secondary N) is 1. The van der Waals surface area contributed by atoms with Crippen LogP contribution in [-0.4, -0.2) is 39.6 Å². The maximum atomic E-state index is 16.6. The third-order valence-electron chi connectivity index (χ3n) is 6.59. The van der Waals surface area contributed by atoms with E-state index in [0.717, 1.165) is 11.1 Å². The maximum Gasteiger partial charge on any atom is 0.367 e. The molecule has 0 spiro atoms. The van der Waals surface area contributed by atoms with Gasteiger partial charge in [-0.1, -0.05) is 92.7 Å². The third kappa shape index (κ3) is 8.06. The summed E-state index contributed by atoms with van der Waals surface area (Å²) < 4.78 is 75.4. The van der Waals surface area contributed by atoms with Gasteiger partial charge < -0.3 is 0 Å². The second kappa shape index (κ2) is 13.5. The normalized spacial score (nSPS) is 15.2. The molecule has 0 radical (unpaired) electrons. The molecule has 0 aliphatic rings. The first-order valence-electron chi connectivity index (χ1n) is 13.4. The second-order valence-electron chi connectivity index (χ2n) is 11.4. The van der Waals surface area contributed by atoms with Crippen LogP contribution in [0.2, 0.25) is 0 Å². The average molecular weight is 591 g/mol. The molecule has 3 rings (SSSR count). The molecule has 0 unspecified atom stereocenters. The van der Waals surface area contributed by atoms with E-state index in [1.54, 1.807) is 26.8 Å². The first-order valence-corrected chi connectivity index (χ1v) is 16.0. The van der Waals surface area contributed by atoms with Gasteiger partial charge in [-0.2, -0.15) is 8.78 Å². The van der Waals surface area contributed by atoms with Gasteiger partial charge in [-0.05, 0) is 56.4 Å². The summed E-state index contributed by atoms with van der Waals surface area (Å²) in [5.74, 6) is -0.0540. The second-order valence-corrected chi connectivity index (χ2v) is 15.4. The van der Waals surface area contributed by atoms with Gasteiger partial charge in [0.25, 0.3) is 0 Å².